The summed E-state index contributed by atoms with van der Waals surface area (Å²) in [5.41, 5.74) is 5.73. The number of terminal acetylenes is 1. The Morgan fingerprint density at radius 1 is 1.38 bits per heavy atom. The van der Waals surface area contributed by atoms with Gasteiger partial charge < -0.3 is 9.30 Å². The summed E-state index contributed by atoms with van der Waals surface area (Å²) in [5, 5.41) is 4.27. The molecule has 0 saturated carbocycles. The lowest BCUT2D eigenvalue weighted by molar-refractivity contribution is 0.370. The molecule has 0 saturated heterocycles. The van der Waals surface area contributed by atoms with Gasteiger partial charge >= 0.3 is 0 Å². The Morgan fingerprint density at radius 3 is 3.00 bits per heavy atom. The van der Waals surface area contributed by atoms with Crippen molar-refractivity contribution in [3.8, 4) is 18.1 Å². The molecule has 0 aliphatic rings. The first kappa shape index (κ1) is 16.1. The van der Waals surface area contributed by atoms with E-state index in [1.165, 1.54) is 0 Å². The van der Waals surface area contributed by atoms with E-state index < -0.39 is 0 Å². The number of hydrogen-bond donors (Lipinski definition) is 1. The van der Waals surface area contributed by atoms with Crippen LogP contribution in [0, 0.1) is 12.3 Å². The number of imidazole rings is 1. The molecule has 0 bridgehead atoms. The Morgan fingerprint density at radius 2 is 2.21 bits per heavy atom. The second-order valence-corrected chi connectivity index (χ2v) is 5.94. The van der Waals surface area contributed by atoms with Gasteiger partial charge in [-0.1, -0.05) is 34.0 Å². The number of halogens is 1. The summed E-state index contributed by atoms with van der Waals surface area (Å²) in [4.78, 5) is 4.50. The topological polar surface area (TPSA) is 51.4 Å². The maximum Gasteiger partial charge on any atom is 0.224 e. The number of aromatic nitrogens is 2. The summed E-state index contributed by atoms with van der Waals surface area (Å²) < 4.78 is 8.40. The maximum absolute atomic E-state index is 5.52. The van der Waals surface area contributed by atoms with Crippen molar-refractivity contribution in [3.63, 3.8) is 0 Å². The van der Waals surface area contributed by atoms with E-state index in [9.17, 15) is 0 Å². The van der Waals surface area contributed by atoms with Gasteiger partial charge in [0, 0.05) is 17.1 Å². The third-order valence-electron chi connectivity index (χ3n) is 3.44. The van der Waals surface area contributed by atoms with E-state index in [0.29, 0.717) is 11.7 Å². The molecule has 1 aromatic heterocycles. The van der Waals surface area contributed by atoms with Crippen LogP contribution in [-0.4, -0.2) is 22.4 Å². The van der Waals surface area contributed by atoms with Crippen LogP contribution in [0.1, 0.15) is 5.56 Å². The van der Waals surface area contributed by atoms with E-state index in [1.807, 2.05) is 54.1 Å². The van der Waals surface area contributed by atoms with Crippen LogP contribution >= 0.6 is 15.9 Å². The zero-order valence-corrected chi connectivity index (χ0v) is 14.6. The van der Waals surface area contributed by atoms with Crippen LogP contribution in [0.2, 0.25) is 0 Å². The first-order chi connectivity index (χ1) is 11.7. The van der Waals surface area contributed by atoms with Crippen LogP contribution in [0.15, 0.2) is 52.0 Å². The number of nitrogens with one attached hydrogen (secondary N) is 1. The van der Waals surface area contributed by atoms with Crippen molar-refractivity contribution in [3.05, 3.63) is 52.5 Å². The first-order valence-corrected chi connectivity index (χ1v) is 8.04. The summed E-state index contributed by atoms with van der Waals surface area (Å²) in [6, 6.07) is 13.6. The lowest BCUT2D eigenvalue weighted by Crippen LogP contribution is -2.01. The van der Waals surface area contributed by atoms with Gasteiger partial charge in [0.2, 0.25) is 5.95 Å². The van der Waals surface area contributed by atoms with Gasteiger partial charge in [-0.25, -0.2) is 10.4 Å². The van der Waals surface area contributed by atoms with Gasteiger partial charge in [0.1, 0.15) is 12.4 Å². The van der Waals surface area contributed by atoms with Gasteiger partial charge in [0.25, 0.3) is 0 Å². The van der Waals surface area contributed by atoms with Crippen molar-refractivity contribution in [2.24, 2.45) is 12.1 Å². The van der Waals surface area contributed by atoms with Crippen LogP contribution in [0.4, 0.5) is 5.95 Å². The van der Waals surface area contributed by atoms with Crippen molar-refractivity contribution in [1.29, 1.82) is 0 Å². The monoisotopic (exact) mass is 382 g/mol. The number of hydrazone groups is 1. The normalized spacial score (nSPS) is 10.9. The van der Waals surface area contributed by atoms with Crippen LogP contribution in [0.3, 0.4) is 0 Å². The summed E-state index contributed by atoms with van der Waals surface area (Å²) in [5.74, 6) is 3.79. The number of fused-ring (bicyclic) bond motifs is 1. The molecule has 2 aromatic carbocycles. The molecule has 3 rings (SSSR count). The second kappa shape index (κ2) is 7.20. The fourth-order valence-electron chi connectivity index (χ4n) is 2.28. The molecule has 0 fully saturated rings. The minimum absolute atomic E-state index is 0.209. The zero-order chi connectivity index (χ0) is 16.9. The molecule has 0 spiro atoms. The second-order valence-electron chi connectivity index (χ2n) is 5.03. The minimum atomic E-state index is 0.209. The Kier molecular flexibility index (Phi) is 4.82. The molecule has 0 amide bonds. The summed E-state index contributed by atoms with van der Waals surface area (Å²) in [7, 11) is 1.94. The number of benzene rings is 2. The number of anilines is 1. The molecule has 24 heavy (non-hydrogen) atoms. The van der Waals surface area contributed by atoms with Crippen LogP contribution in [0.25, 0.3) is 11.0 Å². The molecule has 120 valence electrons. The highest BCUT2D eigenvalue weighted by atomic mass is 79.9. The molecule has 0 atom stereocenters. The fourth-order valence-corrected chi connectivity index (χ4v) is 2.65. The lowest BCUT2D eigenvalue weighted by Gasteiger charge is -2.06. The summed E-state index contributed by atoms with van der Waals surface area (Å²) in [6.45, 7) is 0.209. The molecule has 0 aliphatic heterocycles. The predicted molar refractivity (Wildman–Crippen MR) is 100 cm³/mol. The van der Waals surface area contributed by atoms with Crippen molar-refractivity contribution in [2.75, 3.05) is 12.0 Å². The van der Waals surface area contributed by atoms with Gasteiger partial charge in [0.05, 0.1) is 17.2 Å². The van der Waals surface area contributed by atoms with Crippen molar-refractivity contribution in [2.45, 2.75) is 0 Å². The van der Waals surface area contributed by atoms with E-state index in [0.717, 1.165) is 21.1 Å². The number of hydrogen-bond acceptors (Lipinski definition) is 4. The van der Waals surface area contributed by atoms with Crippen molar-refractivity contribution < 1.29 is 4.74 Å². The molecule has 1 heterocycles. The summed E-state index contributed by atoms with van der Waals surface area (Å²) in [6.07, 6.45) is 6.92. The van der Waals surface area contributed by atoms with Gasteiger partial charge in [-0.3, -0.25) is 0 Å². The minimum Gasteiger partial charge on any atom is -0.480 e. The van der Waals surface area contributed by atoms with Gasteiger partial charge in [0.15, 0.2) is 0 Å². The standard InChI is InChI=1S/C18H15BrN4O/c1-3-10-24-17-9-8-14(19)11-13(17)12-20-22-18-21-15-6-4-5-7-16(15)23(18)2/h1,4-9,11-12H,10H2,2H3,(H,21,22)/b20-12-. The highest BCUT2D eigenvalue weighted by Crippen LogP contribution is 2.22. The highest BCUT2D eigenvalue weighted by Gasteiger charge is 2.06. The van der Waals surface area contributed by atoms with Crippen molar-refractivity contribution >= 4 is 39.1 Å². The number of para-hydroxylation sites is 2. The van der Waals surface area contributed by atoms with E-state index in [1.54, 1.807) is 6.21 Å². The molecule has 1 N–H and O–H groups in total. The van der Waals surface area contributed by atoms with Gasteiger partial charge in [-0.2, -0.15) is 5.10 Å². The molecule has 3 aromatic rings. The third kappa shape index (κ3) is 3.42. The average Bonchev–Trinajstić information content (AvgIpc) is 2.91. The largest absolute Gasteiger partial charge is 0.480 e. The number of nitrogens with zero attached hydrogens (tertiary/aromatic N) is 3. The van der Waals surface area contributed by atoms with Crippen LogP contribution in [-0.2, 0) is 7.05 Å². The average molecular weight is 383 g/mol. The Balaban J connectivity index is 1.82. The van der Waals surface area contributed by atoms with Gasteiger partial charge in [-0.05, 0) is 30.3 Å². The Hall–Kier alpha value is -2.78. The number of rotatable bonds is 5. The molecule has 0 radical (unpaired) electrons. The quantitative estimate of drug-likeness (QED) is 0.414. The molecule has 5 nitrogen and oxygen atoms in total. The number of aryl methyl sites for hydroxylation is 1. The van der Waals surface area contributed by atoms with E-state index in [-0.39, 0.29) is 6.61 Å². The van der Waals surface area contributed by atoms with E-state index >= 15 is 0 Å². The van der Waals surface area contributed by atoms with Crippen molar-refractivity contribution in [1.82, 2.24) is 9.55 Å². The third-order valence-corrected chi connectivity index (χ3v) is 3.93. The Labute approximate surface area is 148 Å². The Bertz CT molecular complexity index is 940. The predicted octanol–water partition coefficient (Wildman–Crippen LogP) is 3.79. The van der Waals surface area contributed by atoms with Gasteiger partial charge in [-0.15, -0.1) is 6.42 Å². The molecular weight excluding hydrogens is 368 g/mol. The van der Waals surface area contributed by atoms with E-state index in [4.69, 9.17) is 11.2 Å². The summed E-state index contributed by atoms with van der Waals surface area (Å²) >= 11 is 3.44. The van der Waals surface area contributed by atoms with Crippen LogP contribution < -0.4 is 10.2 Å². The lowest BCUT2D eigenvalue weighted by atomic mass is 10.2. The molecule has 0 aliphatic carbocycles. The molecule has 6 heteroatoms. The molecular formula is C18H15BrN4O. The number of ether oxygens (including phenoxy) is 1. The smallest absolute Gasteiger partial charge is 0.224 e. The first-order valence-electron chi connectivity index (χ1n) is 7.25. The highest BCUT2D eigenvalue weighted by molar-refractivity contribution is 9.10. The SMILES string of the molecule is C#CCOc1ccc(Br)cc1/C=N\Nc1nc2ccccc2n1C. The van der Waals surface area contributed by atoms with E-state index in [2.05, 4.69) is 37.4 Å². The fraction of sp³-hybridized carbons (Fsp3) is 0.111. The maximum atomic E-state index is 5.52. The van der Waals surface area contributed by atoms with Crippen LogP contribution in [0.5, 0.6) is 5.75 Å². The zero-order valence-electron chi connectivity index (χ0n) is 13.0. The molecule has 0 unspecified atom stereocenters.